The van der Waals surface area contributed by atoms with Crippen molar-refractivity contribution in [3.63, 3.8) is 0 Å². The fourth-order valence-corrected chi connectivity index (χ4v) is 4.88. The van der Waals surface area contributed by atoms with Crippen LogP contribution in [0.1, 0.15) is 28.2 Å². The third-order valence-corrected chi connectivity index (χ3v) is 6.36. The van der Waals surface area contributed by atoms with Crippen molar-refractivity contribution in [1.82, 2.24) is 14.8 Å². The van der Waals surface area contributed by atoms with Gasteiger partial charge in [-0.2, -0.15) is 0 Å². The third kappa shape index (κ3) is 3.38. The molecule has 1 atom stereocenters. The van der Waals surface area contributed by atoms with Crippen molar-refractivity contribution in [1.29, 1.82) is 0 Å². The molecule has 2 aliphatic heterocycles. The van der Waals surface area contributed by atoms with Crippen molar-refractivity contribution in [3.8, 4) is 0 Å². The fourth-order valence-electron chi connectivity index (χ4n) is 4.14. The predicted octanol–water partition coefficient (Wildman–Crippen LogP) is 2.50. The van der Waals surface area contributed by atoms with Crippen LogP contribution in [0.2, 0.25) is 0 Å². The minimum Gasteiger partial charge on any atom is -0.372 e. The average molecular weight is 359 g/mol. The van der Waals surface area contributed by atoms with Gasteiger partial charge in [-0.1, -0.05) is 6.07 Å². The molecule has 0 saturated carbocycles. The molecule has 0 radical (unpaired) electrons. The summed E-state index contributed by atoms with van der Waals surface area (Å²) in [5.41, 5.74) is 0.732. The fraction of sp³-hybridized carbons (Fsp3) is 0.526. The molecule has 4 rings (SSSR count). The standard InChI is InChI=1S/C19H25N3O2S/c1-21-9-2-5-17(21)18(23)20-8-6-15-7-10-24-19(15)13-22(14-19)12-16-4-3-11-25-16/h2-5,9,11,15H,6-8,10,12-14H2,1H3,(H,20,23). The van der Waals surface area contributed by atoms with E-state index in [0.29, 0.717) is 18.2 Å². The van der Waals surface area contributed by atoms with E-state index in [9.17, 15) is 4.79 Å². The predicted molar refractivity (Wildman–Crippen MR) is 98.7 cm³/mol. The summed E-state index contributed by atoms with van der Waals surface area (Å²) in [4.78, 5) is 16.1. The average Bonchev–Trinajstić information content (AvgIpc) is 3.28. The van der Waals surface area contributed by atoms with E-state index in [1.165, 1.54) is 4.88 Å². The number of carbonyl (C=O) groups excluding carboxylic acids is 1. The largest absolute Gasteiger partial charge is 0.372 e. The second kappa shape index (κ2) is 6.94. The first kappa shape index (κ1) is 16.8. The topological polar surface area (TPSA) is 46.5 Å². The molecule has 1 N–H and O–H groups in total. The number of rotatable bonds is 6. The minimum atomic E-state index is 0.00777. The molecular weight excluding hydrogens is 334 g/mol. The molecule has 6 heteroatoms. The van der Waals surface area contributed by atoms with Crippen LogP contribution in [-0.2, 0) is 18.3 Å². The lowest BCUT2D eigenvalue weighted by molar-refractivity contribution is -0.136. The molecule has 0 bridgehead atoms. The van der Waals surface area contributed by atoms with Gasteiger partial charge < -0.3 is 14.6 Å². The van der Waals surface area contributed by atoms with E-state index in [0.717, 1.165) is 39.1 Å². The summed E-state index contributed by atoms with van der Waals surface area (Å²) >= 11 is 1.82. The summed E-state index contributed by atoms with van der Waals surface area (Å²) in [6, 6.07) is 8.05. The second-order valence-corrected chi connectivity index (χ2v) is 8.20. The zero-order valence-electron chi connectivity index (χ0n) is 14.6. The molecular formula is C19H25N3O2S. The van der Waals surface area contributed by atoms with Gasteiger partial charge in [0.15, 0.2) is 0 Å². The molecule has 0 aliphatic carbocycles. The van der Waals surface area contributed by atoms with Crippen LogP contribution in [0.25, 0.3) is 0 Å². The molecule has 1 spiro atoms. The van der Waals surface area contributed by atoms with Crippen LogP contribution in [0, 0.1) is 5.92 Å². The molecule has 5 nitrogen and oxygen atoms in total. The van der Waals surface area contributed by atoms with Crippen molar-refractivity contribution in [2.45, 2.75) is 25.0 Å². The highest BCUT2D eigenvalue weighted by atomic mass is 32.1. The van der Waals surface area contributed by atoms with Gasteiger partial charge in [0.1, 0.15) is 5.69 Å². The Morgan fingerprint density at radius 2 is 2.28 bits per heavy atom. The Bertz CT molecular complexity index is 719. The zero-order chi connectivity index (χ0) is 17.3. The lowest BCUT2D eigenvalue weighted by Crippen LogP contribution is -2.64. The van der Waals surface area contributed by atoms with Gasteiger partial charge in [0, 0.05) is 50.9 Å². The highest BCUT2D eigenvalue weighted by Gasteiger charge is 2.52. The Morgan fingerprint density at radius 3 is 3.00 bits per heavy atom. The Hall–Kier alpha value is -1.63. The van der Waals surface area contributed by atoms with Crippen molar-refractivity contribution in [3.05, 3.63) is 46.4 Å². The summed E-state index contributed by atoms with van der Waals surface area (Å²) in [5.74, 6) is 0.550. The number of amides is 1. The summed E-state index contributed by atoms with van der Waals surface area (Å²) in [6.45, 7) is 4.62. The number of hydrogen-bond acceptors (Lipinski definition) is 4. The molecule has 4 heterocycles. The molecule has 134 valence electrons. The number of likely N-dealkylation sites (tertiary alicyclic amines) is 1. The van der Waals surface area contributed by atoms with Crippen molar-refractivity contribution < 1.29 is 9.53 Å². The van der Waals surface area contributed by atoms with Gasteiger partial charge in [0.05, 0.1) is 5.60 Å². The minimum absolute atomic E-state index is 0.00777. The van der Waals surface area contributed by atoms with Crippen molar-refractivity contribution >= 4 is 17.2 Å². The smallest absolute Gasteiger partial charge is 0.267 e. The van der Waals surface area contributed by atoms with Gasteiger partial charge in [-0.05, 0) is 42.3 Å². The first-order valence-electron chi connectivity index (χ1n) is 8.94. The van der Waals surface area contributed by atoms with Gasteiger partial charge >= 0.3 is 0 Å². The van der Waals surface area contributed by atoms with E-state index in [4.69, 9.17) is 4.74 Å². The quantitative estimate of drug-likeness (QED) is 0.862. The summed E-state index contributed by atoms with van der Waals surface area (Å²) in [6.07, 6.45) is 3.99. The molecule has 2 aromatic heterocycles. The van der Waals surface area contributed by atoms with Crippen LogP contribution >= 0.6 is 11.3 Å². The number of ether oxygens (including phenoxy) is 1. The van der Waals surface area contributed by atoms with Gasteiger partial charge in [-0.15, -0.1) is 11.3 Å². The SMILES string of the molecule is Cn1cccc1C(=O)NCCC1CCOC12CN(Cc1cccs1)C2. The molecule has 2 fully saturated rings. The van der Waals surface area contributed by atoms with Gasteiger partial charge in [-0.3, -0.25) is 9.69 Å². The van der Waals surface area contributed by atoms with E-state index < -0.39 is 0 Å². The zero-order valence-corrected chi connectivity index (χ0v) is 15.4. The number of hydrogen-bond donors (Lipinski definition) is 1. The van der Waals surface area contributed by atoms with Gasteiger partial charge in [-0.25, -0.2) is 0 Å². The van der Waals surface area contributed by atoms with E-state index in [-0.39, 0.29) is 11.5 Å². The van der Waals surface area contributed by atoms with E-state index >= 15 is 0 Å². The number of nitrogens with one attached hydrogen (secondary N) is 1. The third-order valence-electron chi connectivity index (χ3n) is 5.50. The van der Waals surface area contributed by atoms with E-state index in [1.807, 2.05) is 41.3 Å². The normalized spacial score (nSPS) is 22.2. The monoisotopic (exact) mass is 359 g/mol. The highest BCUT2D eigenvalue weighted by molar-refractivity contribution is 7.09. The Balaban J connectivity index is 1.25. The van der Waals surface area contributed by atoms with Crippen LogP contribution in [-0.4, -0.2) is 47.2 Å². The van der Waals surface area contributed by atoms with Gasteiger partial charge in [0.2, 0.25) is 0 Å². The highest BCUT2D eigenvalue weighted by Crippen LogP contribution is 2.42. The Morgan fingerprint density at radius 1 is 1.40 bits per heavy atom. The number of thiophene rings is 1. The molecule has 0 aromatic carbocycles. The maximum Gasteiger partial charge on any atom is 0.267 e. The first-order chi connectivity index (χ1) is 12.2. The second-order valence-electron chi connectivity index (χ2n) is 7.17. The van der Waals surface area contributed by atoms with Crippen LogP contribution in [0.3, 0.4) is 0 Å². The van der Waals surface area contributed by atoms with Crippen molar-refractivity contribution in [2.75, 3.05) is 26.2 Å². The first-order valence-corrected chi connectivity index (χ1v) is 9.82. The summed E-state index contributed by atoms with van der Waals surface area (Å²) in [7, 11) is 1.89. The van der Waals surface area contributed by atoms with Crippen LogP contribution in [0.5, 0.6) is 0 Å². The molecule has 2 aliphatic rings. The summed E-state index contributed by atoms with van der Waals surface area (Å²) in [5, 5.41) is 5.19. The molecule has 2 aromatic rings. The Labute approximate surface area is 152 Å². The van der Waals surface area contributed by atoms with Crippen LogP contribution < -0.4 is 5.32 Å². The van der Waals surface area contributed by atoms with Gasteiger partial charge in [0.25, 0.3) is 5.91 Å². The molecule has 2 saturated heterocycles. The summed E-state index contributed by atoms with van der Waals surface area (Å²) < 4.78 is 7.98. The molecule has 25 heavy (non-hydrogen) atoms. The molecule has 1 amide bonds. The maximum absolute atomic E-state index is 12.2. The number of aryl methyl sites for hydroxylation is 1. The van der Waals surface area contributed by atoms with E-state index in [1.54, 1.807) is 0 Å². The van der Waals surface area contributed by atoms with Crippen LogP contribution in [0.4, 0.5) is 0 Å². The number of carbonyl (C=O) groups is 1. The number of aromatic nitrogens is 1. The Kier molecular flexibility index (Phi) is 4.67. The number of nitrogens with zero attached hydrogens (tertiary/aromatic N) is 2. The lowest BCUT2D eigenvalue weighted by atomic mass is 9.79. The van der Waals surface area contributed by atoms with Crippen LogP contribution in [0.15, 0.2) is 35.8 Å². The molecule has 1 unspecified atom stereocenters. The van der Waals surface area contributed by atoms with Crippen molar-refractivity contribution in [2.24, 2.45) is 13.0 Å². The maximum atomic E-state index is 12.2. The van der Waals surface area contributed by atoms with E-state index in [2.05, 4.69) is 27.7 Å². The lowest BCUT2D eigenvalue weighted by Gasteiger charge is -2.50.